The van der Waals surface area contributed by atoms with Gasteiger partial charge in [0.05, 0.1) is 12.1 Å². The molecule has 0 aliphatic carbocycles. The largest absolute Gasteiger partial charge is 0.373 e. The molecule has 4 nitrogen and oxygen atoms in total. The van der Waals surface area contributed by atoms with E-state index in [9.17, 15) is 9.59 Å². The van der Waals surface area contributed by atoms with Gasteiger partial charge in [-0.3, -0.25) is 9.59 Å². The molecule has 1 N–H and O–H groups in total. The van der Waals surface area contributed by atoms with Gasteiger partial charge in [-0.2, -0.15) is 0 Å². The van der Waals surface area contributed by atoms with Crippen molar-refractivity contribution in [3.05, 3.63) is 58.1 Å². The Morgan fingerprint density at radius 2 is 1.48 bits per heavy atom. The lowest BCUT2D eigenvalue weighted by atomic mass is 10.0. The topological polar surface area (TPSA) is 49.4 Å². The van der Waals surface area contributed by atoms with Crippen molar-refractivity contribution in [1.82, 2.24) is 0 Å². The molecular formula is C21H24N2O2. The summed E-state index contributed by atoms with van der Waals surface area (Å²) in [5.74, 6) is -0.331. The van der Waals surface area contributed by atoms with Gasteiger partial charge in [0.1, 0.15) is 6.04 Å². The number of imide groups is 1. The highest BCUT2D eigenvalue weighted by Crippen LogP contribution is 2.32. The van der Waals surface area contributed by atoms with E-state index in [0.29, 0.717) is 0 Å². The van der Waals surface area contributed by atoms with Gasteiger partial charge in [0.2, 0.25) is 5.91 Å². The number of amides is 2. The Hall–Kier alpha value is -2.62. The average molecular weight is 336 g/mol. The summed E-state index contributed by atoms with van der Waals surface area (Å²) < 4.78 is 0. The number of carbonyl (C=O) groups excluding carboxylic acids is 2. The van der Waals surface area contributed by atoms with Crippen LogP contribution in [0.2, 0.25) is 0 Å². The summed E-state index contributed by atoms with van der Waals surface area (Å²) in [6, 6.07) is 9.53. The monoisotopic (exact) mass is 336 g/mol. The Morgan fingerprint density at radius 1 is 0.880 bits per heavy atom. The Balaban J connectivity index is 1.91. The van der Waals surface area contributed by atoms with Crippen LogP contribution in [0.15, 0.2) is 30.3 Å². The number of rotatable bonds is 3. The number of anilines is 2. The number of nitrogens with one attached hydrogen (secondary N) is 1. The molecule has 1 aliphatic heterocycles. The van der Waals surface area contributed by atoms with Crippen LogP contribution in [0.1, 0.15) is 34.2 Å². The normalized spacial score (nSPS) is 17.3. The summed E-state index contributed by atoms with van der Waals surface area (Å²) in [4.78, 5) is 26.9. The van der Waals surface area contributed by atoms with Crippen LogP contribution in [-0.4, -0.2) is 17.9 Å². The van der Waals surface area contributed by atoms with Crippen LogP contribution in [0.5, 0.6) is 0 Å². The molecule has 1 atom stereocenters. The molecule has 25 heavy (non-hydrogen) atoms. The molecule has 1 saturated heterocycles. The number of benzene rings is 2. The first kappa shape index (κ1) is 17.2. The van der Waals surface area contributed by atoms with Gasteiger partial charge < -0.3 is 5.32 Å². The summed E-state index contributed by atoms with van der Waals surface area (Å²) in [6.45, 7) is 9.94. The van der Waals surface area contributed by atoms with Crippen molar-refractivity contribution in [1.29, 1.82) is 0 Å². The number of hydrogen-bond acceptors (Lipinski definition) is 3. The summed E-state index contributed by atoms with van der Waals surface area (Å²) in [6.07, 6.45) is 0.179. The molecule has 1 aliphatic rings. The third-order valence-electron chi connectivity index (χ3n) is 4.72. The fraction of sp³-hybridized carbons (Fsp3) is 0.333. The minimum Gasteiger partial charge on any atom is -0.373 e. The Kier molecular flexibility index (Phi) is 4.38. The van der Waals surface area contributed by atoms with E-state index in [1.807, 2.05) is 58.9 Å². The Labute approximate surface area is 148 Å². The van der Waals surface area contributed by atoms with Crippen molar-refractivity contribution in [3.8, 4) is 0 Å². The van der Waals surface area contributed by atoms with Crippen LogP contribution in [-0.2, 0) is 9.59 Å². The molecule has 130 valence electrons. The lowest BCUT2D eigenvalue weighted by Gasteiger charge is -2.21. The SMILES string of the molecule is Cc1ccc(NC2CC(=O)N(c3c(C)cc(C)cc3C)C2=O)c(C)c1. The van der Waals surface area contributed by atoms with E-state index in [1.54, 1.807) is 0 Å². The molecular weight excluding hydrogens is 312 g/mol. The van der Waals surface area contributed by atoms with Gasteiger partial charge in [0, 0.05) is 5.69 Å². The highest BCUT2D eigenvalue weighted by molar-refractivity contribution is 6.23. The summed E-state index contributed by atoms with van der Waals surface area (Å²) in [7, 11) is 0. The van der Waals surface area contributed by atoms with Crippen molar-refractivity contribution in [2.24, 2.45) is 0 Å². The van der Waals surface area contributed by atoms with Gasteiger partial charge in [0.15, 0.2) is 0 Å². The number of carbonyl (C=O) groups is 2. The second-order valence-electron chi connectivity index (χ2n) is 7.03. The molecule has 2 aromatic carbocycles. The van der Waals surface area contributed by atoms with E-state index in [4.69, 9.17) is 0 Å². The van der Waals surface area contributed by atoms with Crippen molar-refractivity contribution < 1.29 is 9.59 Å². The summed E-state index contributed by atoms with van der Waals surface area (Å²) in [5.41, 5.74) is 6.90. The predicted molar refractivity (Wildman–Crippen MR) is 101 cm³/mol. The molecule has 3 rings (SSSR count). The molecule has 4 heteroatoms. The minimum absolute atomic E-state index is 0.151. The van der Waals surface area contributed by atoms with Crippen LogP contribution < -0.4 is 10.2 Å². The van der Waals surface area contributed by atoms with Crippen LogP contribution in [0.3, 0.4) is 0 Å². The molecule has 0 spiro atoms. The fourth-order valence-corrected chi connectivity index (χ4v) is 3.67. The van der Waals surface area contributed by atoms with E-state index in [0.717, 1.165) is 33.6 Å². The first-order chi connectivity index (χ1) is 11.8. The molecule has 1 unspecified atom stereocenters. The van der Waals surface area contributed by atoms with E-state index in [2.05, 4.69) is 11.4 Å². The second kappa shape index (κ2) is 6.36. The zero-order chi connectivity index (χ0) is 18.3. The zero-order valence-electron chi connectivity index (χ0n) is 15.4. The molecule has 0 bridgehead atoms. The first-order valence-corrected chi connectivity index (χ1v) is 8.56. The molecule has 2 aromatic rings. The maximum atomic E-state index is 12.9. The predicted octanol–water partition coefficient (Wildman–Crippen LogP) is 3.97. The van der Waals surface area contributed by atoms with E-state index >= 15 is 0 Å². The lowest BCUT2D eigenvalue weighted by Crippen LogP contribution is -2.35. The second-order valence-corrected chi connectivity index (χ2v) is 7.03. The maximum Gasteiger partial charge on any atom is 0.256 e. The molecule has 0 radical (unpaired) electrons. The third kappa shape index (κ3) is 3.16. The van der Waals surface area contributed by atoms with Crippen molar-refractivity contribution >= 4 is 23.2 Å². The van der Waals surface area contributed by atoms with Crippen LogP contribution >= 0.6 is 0 Å². The fourth-order valence-electron chi connectivity index (χ4n) is 3.67. The van der Waals surface area contributed by atoms with Gasteiger partial charge in [-0.05, 0) is 57.4 Å². The smallest absolute Gasteiger partial charge is 0.256 e. The van der Waals surface area contributed by atoms with E-state index < -0.39 is 6.04 Å². The molecule has 1 heterocycles. The van der Waals surface area contributed by atoms with Gasteiger partial charge in [0.25, 0.3) is 5.91 Å². The Bertz CT molecular complexity index is 847. The average Bonchev–Trinajstić information content (AvgIpc) is 2.77. The van der Waals surface area contributed by atoms with Gasteiger partial charge in [-0.15, -0.1) is 0 Å². The van der Waals surface area contributed by atoms with Gasteiger partial charge >= 0.3 is 0 Å². The minimum atomic E-state index is -0.519. The van der Waals surface area contributed by atoms with Crippen molar-refractivity contribution in [2.75, 3.05) is 10.2 Å². The molecule has 0 saturated carbocycles. The number of aryl methyl sites for hydroxylation is 5. The first-order valence-electron chi connectivity index (χ1n) is 8.56. The zero-order valence-corrected chi connectivity index (χ0v) is 15.4. The van der Waals surface area contributed by atoms with Gasteiger partial charge in [-0.1, -0.05) is 35.4 Å². The third-order valence-corrected chi connectivity index (χ3v) is 4.72. The summed E-state index contributed by atoms with van der Waals surface area (Å²) in [5, 5.41) is 3.25. The molecule has 1 fully saturated rings. The summed E-state index contributed by atoms with van der Waals surface area (Å²) >= 11 is 0. The highest BCUT2D eigenvalue weighted by atomic mass is 16.2. The van der Waals surface area contributed by atoms with Gasteiger partial charge in [-0.25, -0.2) is 4.90 Å². The maximum absolute atomic E-state index is 12.9. The Morgan fingerprint density at radius 3 is 2.08 bits per heavy atom. The van der Waals surface area contributed by atoms with Crippen LogP contribution in [0.4, 0.5) is 11.4 Å². The number of nitrogens with zero attached hydrogens (tertiary/aromatic N) is 1. The molecule has 0 aromatic heterocycles. The van der Waals surface area contributed by atoms with Crippen molar-refractivity contribution in [2.45, 2.75) is 47.1 Å². The standard InChI is InChI=1S/C21H24N2O2/c1-12-6-7-17(14(3)8-12)22-18-11-19(24)23(21(18)25)20-15(4)9-13(2)10-16(20)5/h6-10,18,22H,11H2,1-5H3. The van der Waals surface area contributed by atoms with E-state index in [-0.39, 0.29) is 18.2 Å². The van der Waals surface area contributed by atoms with E-state index in [1.165, 1.54) is 10.5 Å². The van der Waals surface area contributed by atoms with Crippen molar-refractivity contribution in [3.63, 3.8) is 0 Å². The molecule has 2 amide bonds. The number of hydrogen-bond donors (Lipinski definition) is 1. The highest BCUT2D eigenvalue weighted by Gasteiger charge is 2.40. The van der Waals surface area contributed by atoms with Crippen LogP contribution in [0, 0.1) is 34.6 Å². The van der Waals surface area contributed by atoms with Crippen LogP contribution in [0.25, 0.3) is 0 Å². The quantitative estimate of drug-likeness (QED) is 0.863. The lowest BCUT2D eigenvalue weighted by molar-refractivity contribution is -0.121.